The summed E-state index contributed by atoms with van der Waals surface area (Å²) in [5.41, 5.74) is 0. The third-order valence-electron chi connectivity index (χ3n) is 2.43. The van der Waals surface area contributed by atoms with E-state index >= 15 is 0 Å². The van der Waals surface area contributed by atoms with Gasteiger partial charge in [-0.15, -0.1) is 0 Å². The zero-order valence-corrected chi connectivity index (χ0v) is 12.0. The normalized spacial score (nSPS) is 10.5. The maximum absolute atomic E-state index is 4.98. The molecule has 0 saturated carbocycles. The van der Waals surface area contributed by atoms with Gasteiger partial charge in [-0.3, -0.25) is 4.98 Å². The molecule has 0 amide bonds. The van der Waals surface area contributed by atoms with E-state index in [9.17, 15) is 0 Å². The average molecular weight is 270 g/mol. The number of aromatic nitrogens is 3. The molecule has 1 heterocycles. The molecule has 0 bridgehead atoms. The van der Waals surface area contributed by atoms with Gasteiger partial charge in [-0.25, -0.2) is 9.97 Å². The molecular weight excluding hydrogens is 252 g/mol. The van der Waals surface area contributed by atoms with Crippen LogP contribution in [0.5, 0.6) is 0 Å². The fourth-order valence-corrected chi connectivity index (χ4v) is 1.87. The van der Waals surface area contributed by atoms with Crippen LogP contribution in [0, 0.1) is 0 Å². The lowest BCUT2D eigenvalue weighted by atomic mass is 10.3. The molecule has 0 fully saturated rings. The van der Waals surface area contributed by atoms with Gasteiger partial charge in [-0.1, -0.05) is 26.7 Å². The van der Waals surface area contributed by atoms with Crippen molar-refractivity contribution in [2.75, 3.05) is 18.0 Å². The summed E-state index contributed by atoms with van der Waals surface area (Å²) >= 11 is 9.95. The standard InChI is InChI=1S/C11H20N4S2/c1-3-5-7-15(8-6-4-2)9-12-10(16)14-11(17)13-9/h3-8H2,1-2H3,(H2,12,13,14,16,17)/p-2. The van der Waals surface area contributed by atoms with Crippen LogP contribution in [-0.2, 0) is 25.3 Å². The van der Waals surface area contributed by atoms with Crippen molar-refractivity contribution in [1.29, 1.82) is 0 Å². The quantitative estimate of drug-likeness (QED) is 0.707. The highest BCUT2D eigenvalue weighted by Crippen LogP contribution is 2.10. The highest BCUT2D eigenvalue weighted by atomic mass is 32.1. The number of anilines is 1. The van der Waals surface area contributed by atoms with E-state index in [4.69, 9.17) is 25.3 Å². The van der Waals surface area contributed by atoms with Gasteiger partial charge in [0.2, 0.25) is 5.95 Å². The second kappa shape index (κ2) is 7.55. The number of hydrogen-bond acceptors (Lipinski definition) is 6. The lowest BCUT2D eigenvalue weighted by Gasteiger charge is -2.24. The van der Waals surface area contributed by atoms with Crippen LogP contribution in [-0.4, -0.2) is 28.0 Å². The highest BCUT2D eigenvalue weighted by Gasteiger charge is 2.07. The van der Waals surface area contributed by atoms with Crippen molar-refractivity contribution >= 4 is 31.2 Å². The minimum absolute atomic E-state index is 0.290. The Hall–Kier alpha value is -0.750. The van der Waals surface area contributed by atoms with Crippen molar-refractivity contribution in [1.82, 2.24) is 15.0 Å². The van der Waals surface area contributed by atoms with Gasteiger partial charge < -0.3 is 30.2 Å². The molecule has 0 unspecified atom stereocenters. The number of hydrogen-bond donors (Lipinski definition) is 0. The molecule has 0 aliphatic rings. The third-order valence-corrected chi connectivity index (χ3v) is 2.79. The van der Waals surface area contributed by atoms with Crippen LogP contribution in [0.3, 0.4) is 0 Å². The molecular formula is C11H18N4S2-2. The predicted octanol–water partition coefficient (Wildman–Crippen LogP) is 2.09. The van der Waals surface area contributed by atoms with Crippen molar-refractivity contribution in [3.8, 4) is 0 Å². The summed E-state index contributed by atoms with van der Waals surface area (Å²) in [5, 5.41) is 0.580. The Balaban J connectivity index is 2.78. The first-order chi connectivity index (χ1) is 8.17. The Morgan fingerprint density at radius 1 is 0.882 bits per heavy atom. The van der Waals surface area contributed by atoms with Crippen molar-refractivity contribution < 1.29 is 0 Å². The molecule has 1 rings (SSSR count). The summed E-state index contributed by atoms with van der Waals surface area (Å²) in [6, 6.07) is 0. The van der Waals surface area contributed by atoms with Crippen LogP contribution in [0.15, 0.2) is 10.3 Å². The SMILES string of the molecule is CCCCN(CCCC)c1nc([S-])nc([S-])n1. The van der Waals surface area contributed by atoms with E-state index in [0.29, 0.717) is 5.95 Å². The molecule has 1 aromatic heterocycles. The number of rotatable bonds is 7. The lowest BCUT2D eigenvalue weighted by Crippen LogP contribution is -2.28. The Labute approximate surface area is 114 Å². The van der Waals surface area contributed by atoms with Crippen LogP contribution in [0.1, 0.15) is 39.5 Å². The molecule has 0 spiro atoms. The van der Waals surface area contributed by atoms with E-state index < -0.39 is 0 Å². The third kappa shape index (κ3) is 4.95. The Bertz CT molecular complexity index is 318. The minimum Gasteiger partial charge on any atom is -0.740 e. The van der Waals surface area contributed by atoms with Crippen LogP contribution < -0.4 is 4.90 Å². The zero-order valence-electron chi connectivity index (χ0n) is 10.3. The zero-order chi connectivity index (χ0) is 12.7. The maximum atomic E-state index is 4.98. The molecule has 4 nitrogen and oxygen atoms in total. The lowest BCUT2D eigenvalue weighted by molar-refractivity contribution is 0.645. The first-order valence-electron chi connectivity index (χ1n) is 6.02. The molecule has 1 aromatic rings. The summed E-state index contributed by atoms with van der Waals surface area (Å²) in [4.78, 5) is 14.4. The van der Waals surface area contributed by atoms with Crippen LogP contribution in [0.4, 0.5) is 5.95 Å². The largest absolute Gasteiger partial charge is 0.740 e. The van der Waals surface area contributed by atoms with Gasteiger partial charge >= 0.3 is 0 Å². The van der Waals surface area contributed by atoms with Crippen LogP contribution in [0.25, 0.3) is 0 Å². The summed E-state index contributed by atoms with van der Waals surface area (Å²) in [5.74, 6) is 0.636. The fraction of sp³-hybridized carbons (Fsp3) is 0.727. The van der Waals surface area contributed by atoms with Crippen LogP contribution in [0.2, 0.25) is 0 Å². The van der Waals surface area contributed by atoms with Gasteiger partial charge in [-0.2, -0.15) is 0 Å². The Morgan fingerprint density at radius 2 is 1.35 bits per heavy atom. The van der Waals surface area contributed by atoms with E-state index in [1.54, 1.807) is 0 Å². The minimum atomic E-state index is 0.290. The summed E-state index contributed by atoms with van der Waals surface area (Å²) in [6.07, 6.45) is 4.54. The van der Waals surface area contributed by atoms with Crippen molar-refractivity contribution in [2.45, 2.75) is 49.8 Å². The fourth-order valence-electron chi connectivity index (χ4n) is 1.48. The average Bonchev–Trinajstić information content (AvgIpc) is 2.28. The molecule has 0 aliphatic heterocycles. The van der Waals surface area contributed by atoms with Gasteiger partial charge in [0, 0.05) is 23.4 Å². The molecule has 0 aromatic carbocycles. The molecule has 96 valence electrons. The topological polar surface area (TPSA) is 41.9 Å². The number of nitrogens with zero attached hydrogens (tertiary/aromatic N) is 4. The van der Waals surface area contributed by atoms with E-state index in [2.05, 4.69) is 33.7 Å². The first-order valence-corrected chi connectivity index (χ1v) is 6.84. The molecule has 6 heteroatoms. The smallest absolute Gasteiger partial charge is 0.225 e. The van der Waals surface area contributed by atoms with Crippen LogP contribution >= 0.6 is 0 Å². The second-order valence-corrected chi connectivity index (χ2v) is 4.63. The monoisotopic (exact) mass is 270 g/mol. The van der Waals surface area contributed by atoms with E-state index in [1.165, 1.54) is 0 Å². The van der Waals surface area contributed by atoms with Crippen molar-refractivity contribution in [3.05, 3.63) is 0 Å². The van der Waals surface area contributed by atoms with Gasteiger partial charge in [0.1, 0.15) is 0 Å². The maximum Gasteiger partial charge on any atom is 0.225 e. The molecule has 0 radical (unpaired) electrons. The van der Waals surface area contributed by atoms with Crippen molar-refractivity contribution in [2.24, 2.45) is 0 Å². The molecule has 0 N–H and O–H groups in total. The van der Waals surface area contributed by atoms with Gasteiger partial charge in [-0.05, 0) is 12.8 Å². The first kappa shape index (κ1) is 14.3. The highest BCUT2D eigenvalue weighted by molar-refractivity contribution is 7.59. The molecule has 0 atom stereocenters. The predicted molar refractivity (Wildman–Crippen MR) is 73.1 cm³/mol. The molecule has 0 saturated heterocycles. The van der Waals surface area contributed by atoms with E-state index in [1.807, 2.05) is 0 Å². The summed E-state index contributed by atoms with van der Waals surface area (Å²) in [7, 11) is 0. The summed E-state index contributed by atoms with van der Waals surface area (Å²) in [6.45, 7) is 6.24. The van der Waals surface area contributed by atoms with Gasteiger partial charge in [0.15, 0.2) is 0 Å². The Morgan fingerprint density at radius 3 is 1.76 bits per heavy atom. The Kier molecular flexibility index (Phi) is 6.36. The number of unbranched alkanes of at least 4 members (excludes halogenated alkanes) is 2. The van der Waals surface area contributed by atoms with Crippen molar-refractivity contribution in [3.63, 3.8) is 0 Å². The molecule has 17 heavy (non-hydrogen) atoms. The molecule has 0 aliphatic carbocycles. The van der Waals surface area contributed by atoms with Gasteiger partial charge in [0.25, 0.3) is 0 Å². The van der Waals surface area contributed by atoms with E-state index in [0.717, 1.165) is 38.8 Å². The second-order valence-electron chi connectivity index (χ2n) is 3.89. The van der Waals surface area contributed by atoms with E-state index in [-0.39, 0.29) is 10.3 Å². The van der Waals surface area contributed by atoms with Gasteiger partial charge in [0.05, 0.1) is 0 Å². The summed E-state index contributed by atoms with van der Waals surface area (Å²) < 4.78 is 0.